The zero-order chi connectivity index (χ0) is 14.4. The van der Waals surface area contributed by atoms with Crippen molar-refractivity contribution in [3.63, 3.8) is 0 Å². The first kappa shape index (κ1) is 14.0. The van der Waals surface area contributed by atoms with E-state index in [0.717, 1.165) is 4.31 Å². The molecule has 1 aromatic heterocycles. The van der Waals surface area contributed by atoms with Gasteiger partial charge in [-0.3, -0.25) is 9.48 Å². The van der Waals surface area contributed by atoms with Crippen LogP contribution in [0.5, 0.6) is 0 Å². The van der Waals surface area contributed by atoms with Crippen molar-refractivity contribution in [3.05, 3.63) is 11.4 Å². The number of hydrogen-bond donors (Lipinski definition) is 1. The minimum atomic E-state index is -3.80. The number of aliphatic carboxylic acids is 1. The van der Waals surface area contributed by atoms with Gasteiger partial charge in [-0.25, -0.2) is 8.42 Å². The van der Waals surface area contributed by atoms with Crippen LogP contribution < -0.4 is 0 Å². The number of aryl methyl sites for hydroxylation is 2. The van der Waals surface area contributed by atoms with E-state index in [4.69, 9.17) is 5.11 Å². The largest absolute Gasteiger partial charge is 0.480 e. The van der Waals surface area contributed by atoms with Gasteiger partial charge in [-0.2, -0.15) is 9.40 Å². The van der Waals surface area contributed by atoms with Crippen LogP contribution in [-0.4, -0.2) is 46.2 Å². The molecule has 0 aromatic carbocycles. The molecule has 7 nitrogen and oxygen atoms in total. The van der Waals surface area contributed by atoms with E-state index in [1.165, 1.54) is 4.68 Å². The molecule has 1 aliphatic heterocycles. The standard InChI is InChI=1S/C11H17N3O4S/c1-7-10(8(2)13(3)12-7)19(17,18)14-6-4-5-9(14)11(15)16/h9H,4-6H2,1-3H3,(H,15,16)/t9-/m1/s1. The van der Waals surface area contributed by atoms with Crippen LogP contribution in [0.15, 0.2) is 4.90 Å². The lowest BCUT2D eigenvalue weighted by Crippen LogP contribution is -2.40. The van der Waals surface area contributed by atoms with E-state index in [-0.39, 0.29) is 11.4 Å². The highest BCUT2D eigenvalue weighted by Crippen LogP contribution is 2.29. The maximum Gasteiger partial charge on any atom is 0.322 e. The van der Waals surface area contributed by atoms with E-state index in [1.807, 2.05) is 0 Å². The van der Waals surface area contributed by atoms with Crippen molar-refractivity contribution < 1.29 is 18.3 Å². The van der Waals surface area contributed by atoms with Gasteiger partial charge in [0.2, 0.25) is 10.0 Å². The predicted octanol–water partition coefficient (Wildman–Crippen LogP) is 0.275. The van der Waals surface area contributed by atoms with E-state index in [0.29, 0.717) is 24.2 Å². The van der Waals surface area contributed by atoms with Gasteiger partial charge in [-0.1, -0.05) is 0 Å². The highest BCUT2D eigenvalue weighted by Gasteiger charge is 2.41. The Hall–Kier alpha value is -1.41. The molecule has 0 unspecified atom stereocenters. The Bertz CT molecular complexity index is 620. The number of carboxylic acids is 1. The average molecular weight is 287 g/mol. The summed E-state index contributed by atoms with van der Waals surface area (Å²) in [7, 11) is -2.14. The monoisotopic (exact) mass is 287 g/mol. The Balaban J connectivity index is 2.51. The van der Waals surface area contributed by atoms with Crippen LogP contribution in [0, 0.1) is 13.8 Å². The SMILES string of the molecule is Cc1nn(C)c(C)c1S(=O)(=O)N1CCC[C@@H]1C(=O)O. The molecular formula is C11H17N3O4S. The second-order valence-electron chi connectivity index (χ2n) is 4.74. The van der Waals surface area contributed by atoms with E-state index in [2.05, 4.69) is 5.10 Å². The summed E-state index contributed by atoms with van der Waals surface area (Å²) in [6.45, 7) is 3.53. The zero-order valence-corrected chi connectivity index (χ0v) is 11.9. The first-order valence-corrected chi connectivity index (χ1v) is 7.45. The first-order chi connectivity index (χ1) is 8.76. The fourth-order valence-corrected chi connectivity index (χ4v) is 4.57. The first-order valence-electron chi connectivity index (χ1n) is 6.01. The number of carboxylic acid groups (broad SMARTS) is 1. The number of aromatic nitrogens is 2. The average Bonchev–Trinajstić information content (AvgIpc) is 2.85. The quantitative estimate of drug-likeness (QED) is 0.861. The summed E-state index contributed by atoms with van der Waals surface area (Å²) in [6.07, 6.45) is 0.918. The molecule has 19 heavy (non-hydrogen) atoms. The van der Waals surface area contributed by atoms with Crippen molar-refractivity contribution >= 4 is 16.0 Å². The topological polar surface area (TPSA) is 92.5 Å². The van der Waals surface area contributed by atoms with Crippen LogP contribution in [0.25, 0.3) is 0 Å². The lowest BCUT2D eigenvalue weighted by atomic mass is 10.2. The number of hydrogen-bond acceptors (Lipinski definition) is 4. The molecule has 1 aliphatic rings. The summed E-state index contributed by atoms with van der Waals surface area (Å²) in [5, 5.41) is 13.2. The molecule has 2 heterocycles. The van der Waals surface area contributed by atoms with E-state index in [9.17, 15) is 13.2 Å². The summed E-state index contributed by atoms with van der Waals surface area (Å²) < 4.78 is 27.8. The van der Waals surface area contributed by atoms with Gasteiger partial charge in [0.15, 0.2) is 0 Å². The molecule has 0 aliphatic carbocycles. The van der Waals surface area contributed by atoms with E-state index < -0.39 is 22.0 Å². The zero-order valence-electron chi connectivity index (χ0n) is 11.1. The summed E-state index contributed by atoms with van der Waals surface area (Å²) >= 11 is 0. The Labute approximate surface area is 111 Å². The molecule has 2 rings (SSSR count). The predicted molar refractivity (Wildman–Crippen MR) is 67.2 cm³/mol. The van der Waals surface area contributed by atoms with Crippen molar-refractivity contribution in [3.8, 4) is 0 Å². The van der Waals surface area contributed by atoms with Gasteiger partial charge in [-0.05, 0) is 26.7 Å². The van der Waals surface area contributed by atoms with Crippen molar-refractivity contribution in [1.29, 1.82) is 0 Å². The second kappa shape index (κ2) is 4.61. The molecule has 1 fully saturated rings. The third-order valence-electron chi connectivity index (χ3n) is 3.50. The van der Waals surface area contributed by atoms with Crippen LogP contribution >= 0.6 is 0 Å². The van der Waals surface area contributed by atoms with Crippen LogP contribution in [0.2, 0.25) is 0 Å². The summed E-state index contributed by atoms with van der Waals surface area (Å²) in [5.41, 5.74) is 0.921. The van der Waals surface area contributed by atoms with Gasteiger partial charge in [0.1, 0.15) is 10.9 Å². The minimum absolute atomic E-state index is 0.128. The molecule has 0 saturated carbocycles. The van der Waals surface area contributed by atoms with Gasteiger partial charge in [-0.15, -0.1) is 0 Å². The second-order valence-corrected chi connectivity index (χ2v) is 6.56. The van der Waals surface area contributed by atoms with Crippen LogP contribution in [0.1, 0.15) is 24.2 Å². The van der Waals surface area contributed by atoms with E-state index in [1.54, 1.807) is 20.9 Å². The molecule has 1 N–H and O–H groups in total. The summed E-state index contributed by atoms with van der Waals surface area (Å²) in [6, 6.07) is -0.969. The number of nitrogens with zero attached hydrogens (tertiary/aromatic N) is 3. The summed E-state index contributed by atoms with van der Waals surface area (Å²) in [5.74, 6) is -1.10. The number of carbonyl (C=O) groups is 1. The van der Waals surface area contributed by atoms with Crippen molar-refractivity contribution in [2.24, 2.45) is 7.05 Å². The van der Waals surface area contributed by atoms with Crippen LogP contribution in [-0.2, 0) is 21.9 Å². The number of sulfonamides is 1. The van der Waals surface area contributed by atoms with E-state index >= 15 is 0 Å². The van der Waals surface area contributed by atoms with Crippen molar-refractivity contribution in [2.45, 2.75) is 37.6 Å². The van der Waals surface area contributed by atoms with Gasteiger partial charge in [0, 0.05) is 13.6 Å². The fraction of sp³-hybridized carbons (Fsp3) is 0.636. The van der Waals surface area contributed by atoms with Gasteiger partial charge >= 0.3 is 5.97 Å². The van der Waals surface area contributed by atoms with Gasteiger partial charge in [0.05, 0.1) is 11.4 Å². The van der Waals surface area contributed by atoms with Crippen LogP contribution in [0.3, 0.4) is 0 Å². The number of rotatable bonds is 3. The van der Waals surface area contributed by atoms with Gasteiger partial charge < -0.3 is 5.11 Å². The molecule has 1 aromatic rings. The third kappa shape index (κ3) is 2.14. The normalized spacial score (nSPS) is 20.9. The highest BCUT2D eigenvalue weighted by molar-refractivity contribution is 7.89. The molecule has 106 valence electrons. The molecule has 0 bridgehead atoms. The minimum Gasteiger partial charge on any atom is -0.480 e. The molecule has 0 amide bonds. The third-order valence-corrected chi connectivity index (χ3v) is 5.66. The lowest BCUT2D eigenvalue weighted by Gasteiger charge is -2.21. The molecule has 8 heteroatoms. The molecular weight excluding hydrogens is 270 g/mol. The Morgan fingerprint density at radius 2 is 2.05 bits per heavy atom. The van der Waals surface area contributed by atoms with Crippen molar-refractivity contribution in [2.75, 3.05) is 6.54 Å². The Morgan fingerprint density at radius 1 is 1.42 bits per heavy atom. The molecule has 1 saturated heterocycles. The summed E-state index contributed by atoms with van der Waals surface area (Å²) in [4.78, 5) is 11.3. The lowest BCUT2D eigenvalue weighted by molar-refractivity contribution is -0.140. The smallest absolute Gasteiger partial charge is 0.322 e. The molecule has 0 spiro atoms. The van der Waals surface area contributed by atoms with Crippen molar-refractivity contribution in [1.82, 2.24) is 14.1 Å². The van der Waals surface area contributed by atoms with Crippen LogP contribution in [0.4, 0.5) is 0 Å². The fourth-order valence-electron chi connectivity index (χ4n) is 2.52. The highest BCUT2D eigenvalue weighted by atomic mass is 32.2. The molecule has 1 atom stereocenters. The maximum atomic E-state index is 12.6. The Kier molecular flexibility index (Phi) is 3.40. The van der Waals surface area contributed by atoms with Gasteiger partial charge in [0.25, 0.3) is 0 Å². The molecule has 0 radical (unpaired) electrons. The maximum absolute atomic E-state index is 12.6. The Morgan fingerprint density at radius 3 is 2.53 bits per heavy atom.